The van der Waals surface area contributed by atoms with Crippen LogP contribution in [-0.2, 0) is 29.0 Å². The van der Waals surface area contributed by atoms with Crippen LogP contribution < -0.4 is 11.1 Å². The number of hydrogen-bond acceptors (Lipinski definition) is 5. The third-order valence-corrected chi connectivity index (χ3v) is 8.08. The van der Waals surface area contributed by atoms with E-state index in [4.69, 9.17) is 5.73 Å². The lowest BCUT2D eigenvalue weighted by Crippen LogP contribution is -2.56. The summed E-state index contributed by atoms with van der Waals surface area (Å²) in [4.78, 5) is 44.2. The summed E-state index contributed by atoms with van der Waals surface area (Å²) in [7, 11) is 2.97. The van der Waals surface area contributed by atoms with E-state index < -0.39 is 47.5 Å². The van der Waals surface area contributed by atoms with Gasteiger partial charge in [-0.15, -0.1) is 0 Å². The second-order valence-electron chi connectivity index (χ2n) is 11.6. The average molecular weight is 643 g/mol. The number of benzene rings is 4. The Balaban J connectivity index is 1.69. The number of nitrogens with zero attached hydrogens (tertiary/aromatic N) is 2. The van der Waals surface area contributed by atoms with Gasteiger partial charge in [0.2, 0.25) is 11.8 Å². The summed E-state index contributed by atoms with van der Waals surface area (Å²) in [5.41, 5.74) is 9.99. The molecule has 4 aromatic rings. The molecule has 8 nitrogen and oxygen atoms in total. The molecule has 0 heterocycles. The third-order valence-electron chi connectivity index (χ3n) is 8.08. The highest BCUT2D eigenvalue weighted by Gasteiger charge is 2.35. The highest BCUT2D eigenvalue weighted by atomic mass is 19.2. The Morgan fingerprint density at radius 2 is 1.38 bits per heavy atom. The lowest BCUT2D eigenvalue weighted by molar-refractivity contribution is -0.142. The zero-order valence-electron chi connectivity index (χ0n) is 26.7. The number of hydrogen-bond donors (Lipinski definition) is 3. The van der Waals surface area contributed by atoms with E-state index >= 15 is 0 Å². The molecule has 0 aliphatic heterocycles. The van der Waals surface area contributed by atoms with Gasteiger partial charge < -0.3 is 26.0 Å². The predicted molar refractivity (Wildman–Crippen MR) is 177 cm³/mol. The smallest absolute Gasteiger partial charge is 0.254 e. The Hall–Kier alpha value is -4.93. The highest BCUT2D eigenvalue weighted by Crippen LogP contribution is 2.22. The van der Waals surface area contributed by atoms with Crippen molar-refractivity contribution in [3.05, 3.63) is 131 Å². The minimum atomic E-state index is -1.17. The lowest BCUT2D eigenvalue weighted by atomic mass is 9.97. The van der Waals surface area contributed by atoms with Crippen LogP contribution in [0.5, 0.6) is 0 Å². The molecule has 0 spiro atoms. The van der Waals surface area contributed by atoms with Gasteiger partial charge in [-0.2, -0.15) is 0 Å². The van der Waals surface area contributed by atoms with Gasteiger partial charge in [0.25, 0.3) is 5.91 Å². The molecule has 0 unspecified atom stereocenters. The summed E-state index contributed by atoms with van der Waals surface area (Å²) < 4.78 is 27.8. The average Bonchev–Trinajstić information content (AvgIpc) is 3.09. The molecule has 47 heavy (non-hydrogen) atoms. The third kappa shape index (κ3) is 9.08. The van der Waals surface area contributed by atoms with Crippen molar-refractivity contribution >= 4 is 17.7 Å². The molecule has 3 amide bonds. The van der Waals surface area contributed by atoms with E-state index in [1.807, 2.05) is 54.6 Å². The molecule has 0 aromatic heterocycles. The van der Waals surface area contributed by atoms with Crippen LogP contribution in [0.15, 0.2) is 97.1 Å². The minimum Gasteiger partial charge on any atom is -0.392 e. The molecular formula is C37H40F2N4O4. The molecule has 246 valence electrons. The van der Waals surface area contributed by atoms with Gasteiger partial charge in [-0.25, -0.2) is 8.78 Å². The molecule has 4 N–H and O–H groups in total. The van der Waals surface area contributed by atoms with Crippen LogP contribution >= 0.6 is 0 Å². The van der Waals surface area contributed by atoms with Gasteiger partial charge in [-0.3, -0.25) is 14.4 Å². The molecule has 0 radical (unpaired) electrons. The number of aliphatic hydroxyl groups is 1. The molecule has 0 saturated heterocycles. The number of nitrogens with one attached hydrogen (secondary N) is 1. The van der Waals surface area contributed by atoms with Crippen molar-refractivity contribution in [1.82, 2.24) is 15.1 Å². The topological polar surface area (TPSA) is 116 Å². The first-order valence-electron chi connectivity index (χ1n) is 15.3. The molecule has 4 rings (SSSR count). The monoisotopic (exact) mass is 642 g/mol. The summed E-state index contributed by atoms with van der Waals surface area (Å²) in [6.45, 7) is 1.65. The second-order valence-corrected chi connectivity index (χ2v) is 11.6. The predicted octanol–water partition coefficient (Wildman–Crippen LogP) is 4.34. The van der Waals surface area contributed by atoms with Crippen molar-refractivity contribution in [1.29, 1.82) is 0 Å². The second kappa shape index (κ2) is 16.1. The Kier molecular flexibility index (Phi) is 11.9. The van der Waals surface area contributed by atoms with E-state index in [1.54, 1.807) is 24.3 Å². The maximum atomic E-state index is 14.4. The van der Waals surface area contributed by atoms with Gasteiger partial charge in [0.05, 0.1) is 6.10 Å². The number of carbonyl (C=O) groups is 3. The van der Waals surface area contributed by atoms with Crippen molar-refractivity contribution in [3.63, 3.8) is 0 Å². The van der Waals surface area contributed by atoms with Crippen molar-refractivity contribution in [2.75, 3.05) is 20.6 Å². The summed E-state index contributed by atoms with van der Waals surface area (Å²) in [6, 6.07) is 25.4. The fourth-order valence-electron chi connectivity index (χ4n) is 5.30. The maximum absolute atomic E-state index is 14.4. The van der Waals surface area contributed by atoms with Gasteiger partial charge in [0, 0.05) is 45.6 Å². The summed E-state index contributed by atoms with van der Waals surface area (Å²) >= 11 is 0. The summed E-state index contributed by atoms with van der Waals surface area (Å²) in [6.07, 6.45) is -0.868. The Labute approximate surface area is 273 Å². The van der Waals surface area contributed by atoms with Gasteiger partial charge in [0.15, 0.2) is 11.6 Å². The number of likely N-dealkylation sites (N-methyl/N-ethyl adjacent to an activating group) is 2. The number of aliphatic hydroxyl groups excluding tert-OH is 1. The first-order chi connectivity index (χ1) is 22.5. The number of amides is 3. The molecule has 0 aliphatic carbocycles. The number of nitrogens with two attached hydrogens (primary N) is 1. The first-order valence-corrected chi connectivity index (χ1v) is 15.3. The molecule has 0 aliphatic rings. The van der Waals surface area contributed by atoms with E-state index in [9.17, 15) is 28.3 Å². The number of halogens is 2. The van der Waals surface area contributed by atoms with Crippen molar-refractivity contribution < 1.29 is 28.3 Å². The van der Waals surface area contributed by atoms with E-state index in [-0.39, 0.29) is 31.5 Å². The quantitative estimate of drug-likeness (QED) is 0.201. The SMILES string of the molecule is C[C@@H](O)CNC(=O)[C@@H](Cc1ccc(F)c(F)c1)N(C)C(=O)[C@@H](Cc1ccc(-c2ccccc2)cc1)N(C)C(=O)c1cccc(CN)c1. The van der Waals surface area contributed by atoms with Crippen LogP contribution in [0.2, 0.25) is 0 Å². The van der Waals surface area contributed by atoms with Gasteiger partial charge in [-0.1, -0.05) is 72.8 Å². The minimum absolute atomic E-state index is 0.0811. The van der Waals surface area contributed by atoms with Crippen molar-refractivity contribution in [2.45, 2.75) is 44.5 Å². The van der Waals surface area contributed by atoms with Gasteiger partial charge in [0.1, 0.15) is 12.1 Å². The zero-order valence-corrected chi connectivity index (χ0v) is 26.7. The first kappa shape index (κ1) is 34.9. The van der Waals surface area contributed by atoms with Crippen LogP contribution in [0.25, 0.3) is 11.1 Å². The standard InChI is InChI=1S/C37H40F2N4O4/c1-24(44)23-41-35(45)33(21-26-14-17-31(38)32(39)19-26)42(2)37(47)34(43(3)36(46)30-11-7-8-27(18-30)22-40)20-25-12-15-29(16-13-25)28-9-5-4-6-10-28/h4-19,24,33-34,44H,20-23,40H2,1-3H3,(H,41,45)/t24-,33-,34-/m1/s1. The van der Waals surface area contributed by atoms with Crippen LogP contribution in [0.4, 0.5) is 8.78 Å². The largest absolute Gasteiger partial charge is 0.392 e. The van der Waals surface area contributed by atoms with E-state index in [2.05, 4.69) is 5.32 Å². The Morgan fingerprint density at radius 3 is 2.02 bits per heavy atom. The molecule has 0 saturated carbocycles. The van der Waals surface area contributed by atoms with Crippen molar-refractivity contribution in [3.8, 4) is 11.1 Å². The van der Waals surface area contributed by atoms with Gasteiger partial charge >= 0.3 is 0 Å². The van der Waals surface area contributed by atoms with Crippen LogP contribution in [0.1, 0.15) is 34.0 Å². The molecule has 3 atom stereocenters. The van der Waals surface area contributed by atoms with Gasteiger partial charge in [-0.05, 0) is 59.0 Å². The maximum Gasteiger partial charge on any atom is 0.254 e. The Morgan fingerprint density at radius 1 is 0.745 bits per heavy atom. The molecule has 4 aromatic carbocycles. The van der Waals surface area contributed by atoms with E-state index in [0.717, 1.165) is 34.4 Å². The normalized spacial score (nSPS) is 12.9. The highest BCUT2D eigenvalue weighted by molar-refractivity contribution is 5.98. The van der Waals surface area contributed by atoms with Crippen molar-refractivity contribution in [2.24, 2.45) is 5.73 Å². The van der Waals surface area contributed by atoms with E-state index in [0.29, 0.717) is 5.56 Å². The summed E-state index contributed by atoms with van der Waals surface area (Å²) in [5.74, 6) is -3.67. The Bertz CT molecular complexity index is 1680. The molecule has 0 fully saturated rings. The van der Waals surface area contributed by atoms with Crippen LogP contribution in [-0.4, -0.2) is 71.5 Å². The lowest BCUT2D eigenvalue weighted by Gasteiger charge is -2.35. The number of rotatable bonds is 13. The fraction of sp³-hybridized carbons (Fsp3) is 0.270. The molecular weight excluding hydrogens is 602 g/mol. The van der Waals surface area contributed by atoms with Crippen LogP contribution in [0, 0.1) is 11.6 Å². The summed E-state index contributed by atoms with van der Waals surface area (Å²) in [5, 5.41) is 12.4. The number of carbonyl (C=O) groups excluding carboxylic acids is 3. The molecule has 0 bridgehead atoms. The molecule has 10 heteroatoms. The van der Waals surface area contributed by atoms with Crippen LogP contribution in [0.3, 0.4) is 0 Å². The zero-order chi connectivity index (χ0) is 34.1. The fourth-order valence-corrected chi connectivity index (χ4v) is 5.30. The van der Waals surface area contributed by atoms with E-state index in [1.165, 1.54) is 36.9 Å².